The molecule has 0 saturated carbocycles. The average molecular weight is 202 g/mol. The maximum absolute atomic E-state index is 10.4. The maximum Gasteiger partial charge on any atom is 0.320 e. The van der Waals surface area contributed by atoms with Crippen LogP contribution in [-0.2, 0) is 11.2 Å². The maximum atomic E-state index is 10.4. The highest BCUT2D eigenvalue weighted by Gasteiger charge is 2.12. The van der Waals surface area contributed by atoms with E-state index in [9.17, 15) is 4.79 Å². The molecule has 0 spiro atoms. The molecule has 70 valence electrons. The Balaban J connectivity index is 2.64. The van der Waals surface area contributed by atoms with Gasteiger partial charge < -0.3 is 10.8 Å². The Morgan fingerprint density at radius 3 is 2.77 bits per heavy atom. The van der Waals surface area contributed by atoms with E-state index in [1.807, 2.05) is 0 Å². The van der Waals surface area contributed by atoms with E-state index in [4.69, 9.17) is 22.4 Å². The number of nitrogens with zero attached hydrogens (tertiary/aromatic N) is 2. The zero-order valence-corrected chi connectivity index (χ0v) is 7.40. The van der Waals surface area contributed by atoms with Gasteiger partial charge in [-0.25, -0.2) is 4.98 Å². The molecule has 0 radical (unpaired) electrons. The predicted octanol–water partition coefficient (Wildman–Crippen LogP) is 0.0844. The van der Waals surface area contributed by atoms with Crippen molar-refractivity contribution in [1.29, 1.82) is 0 Å². The fourth-order valence-corrected chi connectivity index (χ4v) is 0.855. The summed E-state index contributed by atoms with van der Waals surface area (Å²) in [7, 11) is 0. The highest BCUT2D eigenvalue weighted by atomic mass is 35.5. The number of carboxylic acids is 1. The highest BCUT2D eigenvalue weighted by Crippen LogP contribution is 2.02. The minimum absolute atomic E-state index is 0.152. The van der Waals surface area contributed by atoms with Crippen molar-refractivity contribution in [3.05, 3.63) is 23.2 Å². The first kappa shape index (κ1) is 9.88. The average Bonchev–Trinajstić information content (AvgIpc) is 2.08. The molecular formula is C7H8ClN3O2. The van der Waals surface area contributed by atoms with Crippen LogP contribution >= 0.6 is 11.6 Å². The zero-order valence-electron chi connectivity index (χ0n) is 6.64. The van der Waals surface area contributed by atoms with Gasteiger partial charge in [0.1, 0.15) is 11.2 Å². The van der Waals surface area contributed by atoms with E-state index >= 15 is 0 Å². The standard InChI is InChI=1S/C7H8ClN3O2/c8-6-3-10-4(2-11-6)1-5(9)7(12)13/h2-3,5H,1,9H2,(H,12,13)/t5-/m0/s1. The molecule has 1 aromatic heterocycles. The number of hydrogen-bond acceptors (Lipinski definition) is 4. The van der Waals surface area contributed by atoms with E-state index < -0.39 is 12.0 Å². The molecule has 1 rings (SSSR count). The molecule has 1 aromatic rings. The number of hydrogen-bond donors (Lipinski definition) is 2. The van der Waals surface area contributed by atoms with Gasteiger partial charge in [-0.3, -0.25) is 9.78 Å². The zero-order chi connectivity index (χ0) is 9.84. The van der Waals surface area contributed by atoms with Crippen LogP contribution < -0.4 is 5.73 Å². The quantitative estimate of drug-likeness (QED) is 0.723. The highest BCUT2D eigenvalue weighted by molar-refractivity contribution is 6.29. The number of rotatable bonds is 3. The van der Waals surface area contributed by atoms with E-state index in [0.717, 1.165) is 0 Å². The Labute approximate surface area is 79.6 Å². The summed E-state index contributed by atoms with van der Waals surface area (Å²) in [6, 6.07) is -0.949. The topological polar surface area (TPSA) is 89.1 Å². The van der Waals surface area contributed by atoms with Gasteiger partial charge >= 0.3 is 5.97 Å². The molecule has 0 amide bonds. The minimum Gasteiger partial charge on any atom is -0.480 e. The van der Waals surface area contributed by atoms with Crippen molar-refractivity contribution in [2.75, 3.05) is 0 Å². The second kappa shape index (κ2) is 4.15. The monoisotopic (exact) mass is 201 g/mol. The van der Waals surface area contributed by atoms with Gasteiger partial charge in [0, 0.05) is 6.42 Å². The molecule has 0 aromatic carbocycles. The molecule has 0 aliphatic heterocycles. The van der Waals surface area contributed by atoms with Crippen LogP contribution in [0.5, 0.6) is 0 Å². The number of carbonyl (C=O) groups is 1. The van der Waals surface area contributed by atoms with Crippen molar-refractivity contribution < 1.29 is 9.90 Å². The van der Waals surface area contributed by atoms with Gasteiger partial charge in [-0.05, 0) is 0 Å². The Kier molecular flexibility index (Phi) is 3.16. The lowest BCUT2D eigenvalue weighted by Crippen LogP contribution is -2.32. The van der Waals surface area contributed by atoms with Crippen LogP contribution in [0.4, 0.5) is 0 Å². The summed E-state index contributed by atoms with van der Waals surface area (Å²) >= 11 is 5.49. The first-order valence-electron chi connectivity index (χ1n) is 3.54. The van der Waals surface area contributed by atoms with Crippen LogP contribution in [0.1, 0.15) is 5.69 Å². The normalized spacial score (nSPS) is 12.5. The summed E-state index contributed by atoms with van der Waals surface area (Å²) in [5.41, 5.74) is 5.80. The number of nitrogens with two attached hydrogens (primary N) is 1. The van der Waals surface area contributed by atoms with Crippen LogP contribution in [0.15, 0.2) is 12.4 Å². The number of carboxylic acid groups (broad SMARTS) is 1. The Bertz CT molecular complexity index is 301. The molecule has 0 aliphatic carbocycles. The second-order valence-corrected chi connectivity index (χ2v) is 2.87. The van der Waals surface area contributed by atoms with E-state index in [1.54, 1.807) is 0 Å². The van der Waals surface area contributed by atoms with Gasteiger partial charge in [-0.2, -0.15) is 0 Å². The third kappa shape index (κ3) is 2.96. The van der Waals surface area contributed by atoms with Crippen molar-refractivity contribution in [2.24, 2.45) is 5.73 Å². The largest absolute Gasteiger partial charge is 0.480 e. The number of aliphatic carboxylic acids is 1. The fourth-order valence-electron chi connectivity index (χ4n) is 0.757. The lowest BCUT2D eigenvalue weighted by molar-refractivity contribution is -0.138. The van der Waals surface area contributed by atoms with Crippen LogP contribution in [0.2, 0.25) is 5.15 Å². The second-order valence-electron chi connectivity index (χ2n) is 2.48. The van der Waals surface area contributed by atoms with Gasteiger partial charge in [0.25, 0.3) is 0 Å². The smallest absolute Gasteiger partial charge is 0.320 e. The van der Waals surface area contributed by atoms with E-state index in [2.05, 4.69) is 9.97 Å². The third-order valence-electron chi connectivity index (χ3n) is 1.42. The Morgan fingerprint density at radius 2 is 2.31 bits per heavy atom. The van der Waals surface area contributed by atoms with E-state index in [1.165, 1.54) is 12.4 Å². The summed E-state index contributed by atoms with van der Waals surface area (Å²) < 4.78 is 0. The molecule has 1 atom stereocenters. The molecule has 0 aliphatic rings. The van der Waals surface area contributed by atoms with Gasteiger partial charge in [-0.1, -0.05) is 11.6 Å². The van der Waals surface area contributed by atoms with E-state index in [0.29, 0.717) is 5.69 Å². The molecule has 5 nitrogen and oxygen atoms in total. The molecule has 0 unspecified atom stereocenters. The van der Waals surface area contributed by atoms with Crippen molar-refractivity contribution in [3.63, 3.8) is 0 Å². The number of aromatic nitrogens is 2. The molecule has 0 saturated heterocycles. The van der Waals surface area contributed by atoms with Crippen LogP contribution in [-0.4, -0.2) is 27.1 Å². The van der Waals surface area contributed by atoms with Gasteiger partial charge in [-0.15, -0.1) is 0 Å². The molecule has 6 heteroatoms. The molecule has 13 heavy (non-hydrogen) atoms. The SMILES string of the molecule is N[C@@H](Cc1cnc(Cl)cn1)C(=O)O. The van der Waals surface area contributed by atoms with Crippen LogP contribution in [0.3, 0.4) is 0 Å². The lowest BCUT2D eigenvalue weighted by atomic mass is 10.2. The summed E-state index contributed by atoms with van der Waals surface area (Å²) in [6.45, 7) is 0. The first-order chi connectivity index (χ1) is 6.09. The first-order valence-corrected chi connectivity index (χ1v) is 3.92. The minimum atomic E-state index is -1.06. The molecule has 0 bridgehead atoms. The Morgan fingerprint density at radius 1 is 1.62 bits per heavy atom. The van der Waals surface area contributed by atoms with Gasteiger partial charge in [0.05, 0.1) is 18.1 Å². The van der Waals surface area contributed by atoms with Crippen molar-refractivity contribution >= 4 is 17.6 Å². The van der Waals surface area contributed by atoms with Crippen molar-refractivity contribution in [2.45, 2.75) is 12.5 Å². The Hall–Kier alpha value is -1.20. The van der Waals surface area contributed by atoms with E-state index in [-0.39, 0.29) is 11.6 Å². The third-order valence-corrected chi connectivity index (χ3v) is 1.62. The van der Waals surface area contributed by atoms with Gasteiger partial charge in [0.2, 0.25) is 0 Å². The number of halogens is 1. The summed E-state index contributed by atoms with van der Waals surface area (Å²) in [5.74, 6) is -1.06. The van der Waals surface area contributed by atoms with Crippen LogP contribution in [0, 0.1) is 0 Å². The fraction of sp³-hybridized carbons (Fsp3) is 0.286. The van der Waals surface area contributed by atoms with Gasteiger partial charge in [0.15, 0.2) is 0 Å². The van der Waals surface area contributed by atoms with Crippen molar-refractivity contribution in [1.82, 2.24) is 9.97 Å². The summed E-state index contributed by atoms with van der Waals surface area (Å²) in [4.78, 5) is 18.0. The molecular weight excluding hydrogens is 194 g/mol. The summed E-state index contributed by atoms with van der Waals surface area (Å²) in [6.07, 6.45) is 2.91. The van der Waals surface area contributed by atoms with Crippen molar-refractivity contribution in [3.8, 4) is 0 Å². The molecule has 1 heterocycles. The summed E-state index contributed by atoms with van der Waals surface area (Å²) in [5, 5.41) is 8.77. The molecule has 0 fully saturated rings. The lowest BCUT2D eigenvalue weighted by Gasteiger charge is -2.04. The predicted molar refractivity (Wildman–Crippen MR) is 46.4 cm³/mol. The van der Waals surface area contributed by atoms with Crippen LogP contribution in [0.25, 0.3) is 0 Å². The molecule has 3 N–H and O–H groups in total.